The van der Waals surface area contributed by atoms with Gasteiger partial charge in [-0.25, -0.2) is 0 Å². The normalized spacial score (nSPS) is 21.1. The molecule has 0 saturated carbocycles. The molecule has 1 aliphatic rings. The van der Waals surface area contributed by atoms with E-state index in [1.165, 1.54) is 83.5 Å². The monoisotopic (exact) mass is 712 g/mol. The number of unbranched alkanes of at least 4 members (excludes halogenated alkanes) is 20. The second-order valence-corrected chi connectivity index (χ2v) is 14.8. The summed E-state index contributed by atoms with van der Waals surface area (Å²) in [6, 6.07) is -1.00. The van der Waals surface area contributed by atoms with Crippen LogP contribution in [0.5, 0.6) is 0 Å². The Hall–Kier alpha value is -1.71. The number of amides is 1. The molecular formula is C41H77NO8. The van der Waals surface area contributed by atoms with Crippen molar-refractivity contribution >= 4 is 17.8 Å². The minimum absolute atomic E-state index is 0.0422. The van der Waals surface area contributed by atoms with Crippen molar-refractivity contribution in [3.05, 3.63) is 0 Å². The van der Waals surface area contributed by atoms with Crippen molar-refractivity contribution in [2.45, 2.75) is 232 Å². The summed E-state index contributed by atoms with van der Waals surface area (Å²) in [5, 5.41) is 23.6. The van der Waals surface area contributed by atoms with Gasteiger partial charge in [0.05, 0.1) is 19.1 Å². The van der Waals surface area contributed by atoms with Crippen LogP contribution in [0.1, 0.15) is 201 Å². The van der Waals surface area contributed by atoms with Crippen molar-refractivity contribution in [2.24, 2.45) is 5.92 Å². The van der Waals surface area contributed by atoms with Crippen molar-refractivity contribution in [2.75, 3.05) is 6.61 Å². The van der Waals surface area contributed by atoms with Gasteiger partial charge in [-0.15, -0.1) is 0 Å². The van der Waals surface area contributed by atoms with E-state index in [1.54, 1.807) is 6.92 Å². The van der Waals surface area contributed by atoms with E-state index in [2.05, 4.69) is 26.1 Å². The van der Waals surface area contributed by atoms with E-state index in [9.17, 15) is 24.6 Å². The molecule has 3 N–H and O–H groups in total. The van der Waals surface area contributed by atoms with Gasteiger partial charge in [-0.1, -0.05) is 156 Å². The third-order valence-electron chi connectivity index (χ3n) is 10.2. The van der Waals surface area contributed by atoms with Gasteiger partial charge < -0.3 is 29.7 Å². The van der Waals surface area contributed by atoms with Crippen LogP contribution in [-0.2, 0) is 28.6 Å². The van der Waals surface area contributed by atoms with Crippen molar-refractivity contribution in [3.8, 4) is 0 Å². The first kappa shape index (κ1) is 46.3. The van der Waals surface area contributed by atoms with Crippen molar-refractivity contribution in [1.29, 1.82) is 0 Å². The molecule has 1 aliphatic heterocycles. The summed E-state index contributed by atoms with van der Waals surface area (Å²) < 4.78 is 17.4. The fourth-order valence-corrected chi connectivity index (χ4v) is 6.88. The minimum Gasteiger partial charge on any atom is -0.462 e. The summed E-state index contributed by atoms with van der Waals surface area (Å²) in [6.45, 7) is 8.05. The molecule has 6 atom stereocenters. The highest BCUT2D eigenvalue weighted by Crippen LogP contribution is 2.28. The summed E-state index contributed by atoms with van der Waals surface area (Å²) in [4.78, 5) is 39.2. The maximum Gasteiger partial charge on any atom is 0.306 e. The van der Waals surface area contributed by atoms with Crippen LogP contribution in [0.3, 0.4) is 0 Å². The lowest BCUT2D eigenvalue weighted by atomic mass is 9.89. The zero-order valence-electron chi connectivity index (χ0n) is 32.6. The van der Waals surface area contributed by atoms with Gasteiger partial charge in [0.2, 0.25) is 5.91 Å². The molecule has 0 bridgehead atoms. The predicted molar refractivity (Wildman–Crippen MR) is 201 cm³/mol. The molecule has 50 heavy (non-hydrogen) atoms. The van der Waals surface area contributed by atoms with Gasteiger partial charge in [0.1, 0.15) is 18.2 Å². The molecule has 1 heterocycles. The molecule has 0 aliphatic carbocycles. The van der Waals surface area contributed by atoms with Crippen molar-refractivity contribution < 1.29 is 38.8 Å². The Balaban J connectivity index is 2.76. The first-order valence-corrected chi connectivity index (χ1v) is 20.9. The predicted octanol–water partition coefficient (Wildman–Crippen LogP) is 9.23. The molecule has 0 radical (unpaired) electrons. The molecule has 1 unspecified atom stereocenters. The highest BCUT2D eigenvalue weighted by molar-refractivity contribution is 5.78. The van der Waals surface area contributed by atoms with E-state index in [0.29, 0.717) is 12.8 Å². The number of rotatable bonds is 32. The van der Waals surface area contributed by atoms with E-state index >= 15 is 0 Å². The van der Waals surface area contributed by atoms with Gasteiger partial charge in [-0.05, 0) is 25.7 Å². The lowest BCUT2D eigenvalue weighted by molar-refractivity contribution is -0.241. The van der Waals surface area contributed by atoms with Crippen LogP contribution in [0.4, 0.5) is 0 Å². The SMILES string of the molecule is CCCCCCCCCCC[C@H](CC(=O)N[C@H]1C(O)O[C@H](CO)[C@@H](C)[C@@H]1OC(=O)CCCCCCCCC)OC(=O)CCCCCCCCC. The lowest BCUT2D eigenvalue weighted by Gasteiger charge is -2.43. The van der Waals surface area contributed by atoms with Crippen molar-refractivity contribution in [1.82, 2.24) is 5.32 Å². The van der Waals surface area contributed by atoms with Crippen LogP contribution in [0.25, 0.3) is 0 Å². The minimum atomic E-state index is -1.46. The topological polar surface area (TPSA) is 131 Å². The molecule has 9 nitrogen and oxygen atoms in total. The molecule has 0 aromatic carbocycles. The Morgan fingerprint density at radius 3 is 1.58 bits per heavy atom. The van der Waals surface area contributed by atoms with Crippen LogP contribution in [0.15, 0.2) is 0 Å². The number of hydrogen-bond acceptors (Lipinski definition) is 8. The summed E-state index contributed by atoms with van der Waals surface area (Å²) in [7, 11) is 0. The molecular weight excluding hydrogens is 634 g/mol. The van der Waals surface area contributed by atoms with Gasteiger partial charge in [0.15, 0.2) is 6.29 Å². The summed E-state index contributed by atoms with van der Waals surface area (Å²) in [6.07, 6.45) is 23.4. The average molecular weight is 712 g/mol. The van der Waals surface area contributed by atoms with Gasteiger partial charge in [0.25, 0.3) is 0 Å². The van der Waals surface area contributed by atoms with Gasteiger partial charge >= 0.3 is 11.9 Å². The second-order valence-electron chi connectivity index (χ2n) is 14.8. The number of ether oxygens (including phenoxy) is 3. The van der Waals surface area contributed by atoms with Crippen LogP contribution >= 0.6 is 0 Å². The van der Waals surface area contributed by atoms with Gasteiger partial charge in [-0.3, -0.25) is 14.4 Å². The van der Waals surface area contributed by atoms with E-state index in [1.807, 2.05) is 0 Å². The Morgan fingerprint density at radius 2 is 1.10 bits per heavy atom. The Morgan fingerprint density at radius 1 is 0.660 bits per heavy atom. The smallest absolute Gasteiger partial charge is 0.306 e. The zero-order valence-corrected chi connectivity index (χ0v) is 32.6. The van der Waals surface area contributed by atoms with Crippen molar-refractivity contribution in [3.63, 3.8) is 0 Å². The Bertz CT molecular complexity index is 854. The van der Waals surface area contributed by atoms with Gasteiger partial charge in [-0.2, -0.15) is 0 Å². The largest absolute Gasteiger partial charge is 0.462 e. The molecule has 0 aromatic rings. The van der Waals surface area contributed by atoms with Crippen LogP contribution < -0.4 is 5.32 Å². The Labute approximate surface area is 305 Å². The molecule has 1 saturated heterocycles. The molecule has 294 valence electrons. The van der Waals surface area contributed by atoms with Crippen LogP contribution in [-0.4, -0.2) is 65.3 Å². The number of aliphatic hydroxyl groups is 2. The third-order valence-corrected chi connectivity index (χ3v) is 10.2. The first-order valence-electron chi connectivity index (χ1n) is 20.9. The van der Waals surface area contributed by atoms with Gasteiger partial charge in [0, 0.05) is 18.8 Å². The second kappa shape index (κ2) is 30.9. The number of carbonyl (C=O) groups is 3. The number of hydrogen-bond donors (Lipinski definition) is 3. The first-order chi connectivity index (χ1) is 24.3. The number of aliphatic hydroxyl groups excluding tert-OH is 2. The standard InChI is InChI=1S/C41H77NO8/c1-5-8-11-14-17-18-21-22-25-28-34(48-37(45)29-26-23-19-15-12-9-6-2)31-36(44)42-39-40(33(4)35(32-43)49-41(39)47)50-38(46)30-27-24-20-16-13-10-7-3/h33-35,39-41,43,47H,5-32H2,1-4H3,(H,42,44)/t33-,34-,35-,39-,40+,41?/m1/s1. The van der Waals surface area contributed by atoms with E-state index in [0.717, 1.165) is 64.2 Å². The lowest BCUT2D eigenvalue weighted by Crippen LogP contribution is -2.62. The molecule has 1 fully saturated rings. The quantitative estimate of drug-likeness (QED) is 0.0465. The fraction of sp³-hybridized carbons (Fsp3) is 0.927. The molecule has 1 amide bonds. The maximum atomic E-state index is 13.4. The molecule has 0 aromatic heterocycles. The Kier molecular flexibility index (Phi) is 28.6. The van der Waals surface area contributed by atoms with E-state index < -0.39 is 42.5 Å². The number of esters is 2. The number of carbonyl (C=O) groups excluding carboxylic acids is 3. The number of nitrogens with one attached hydrogen (secondary N) is 1. The van der Waals surface area contributed by atoms with E-state index in [-0.39, 0.29) is 31.4 Å². The molecule has 1 rings (SSSR count). The van der Waals surface area contributed by atoms with Crippen LogP contribution in [0, 0.1) is 5.92 Å². The van der Waals surface area contributed by atoms with Crippen LogP contribution in [0.2, 0.25) is 0 Å². The van der Waals surface area contributed by atoms with E-state index in [4.69, 9.17) is 14.2 Å². The third kappa shape index (κ3) is 22.3. The summed E-state index contributed by atoms with van der Waals surface area (Å²) in [5.74, 6) is -1.51. The highest BCUT2D eigenvalue weighted by atomic mass is 16.6. The zero-order chi connectivity index (χ0) is 36.8. The molecule has 9 heteroatoms. The highest BCUT2D eigenvalue weighted by Gasteiger charge is 2.46. The molecule has 0 spiro atoms. The summed E-state index contributed by atoms with van der Waals surface area (Å²) >= 11 is 0. The average Bonchev–Trinajstić information content (AvgIpc) is 3.09. The summed E-state index contributed by atoms with van der Waals surface area (Å²) in [5.41, 5.74) is 0. The maximum absolute atomic E-state index is 13.4. The fourth-order valence-electron chi connectivity index (χ4n) is 6.88.